The average Bonchev–Trinajstić information content (AvgIpc) is 2.55. The smallest absolute Gasteiger partial charge is 0.0542 e. The van der Waals surface area contributed by atoms with Gasteiger partial charge in [-0.1, -0.05) is 18.1 Å². The summed E-state index contributed by atoms with van der Waals surface area (Å²) in [5.41, 5.74) is 2.61. The third kappa shape index (κ3) is 1.29. The van der Waals surface area contributed by atoms with Crippen molar-refractivity contribution in [2.75, 3.05) is 0 Å². The Kier molecular flexibility index (Phi) is 2.28. The van der Waals surface area contributed by atoms with E-state index in [1.54, 1.807) is 6.08 Å². The lowest BCUT2D eigenvalue weighted by Gasteiger charge is -2.02. The van der Waals surface area contributed by atoms with Gasteiger partial charge in [0.05, 0.1) is 5.35 Å². The van der Waals surface area contributed by atoms with Gasteiger partial charge in [0, 0.05) is 11.8 Å². The SMILES string of the molecule is C#C/C=c1/[nH]c2c(/c1=C/C)CCC=C2. The number of nitrogens with one attached hydrogen (secondary N) is 1. The van der Waals surface area contributed by atoms with Gasteiger partial charge in [-0.2, -0.15) is 0 Å². The number of hydrogen-bond donors (Lipinski definition) is 1. The molecule has 14 heavy (non-hydrogen) atoms. The summed E-state index contributed by atoms with van der Waals surface area (Å²) in [7, 11) is 0. The molecule has 70 valence electrons. The number of H-pyrrole nitrogens is 1. The maximum absolute atomic E-state index is 5.28. The van der Waals surface area contributed by atoms with E-state index in [9.17, 15) is 0 Å². The van der Waals surface area contributed by atoms with Crippen LogP contribution in [0.4, 0.5) is 0 Å². The highest BCUT2D eigenvalue weighted by Crippen LogP contribution is 2.11. The van der Waals surface area contributed by atoms with E-state index in [0.717, 1.165) is 18.2 Å². The van der Waals surface area contributed by atoms with Crippen LogP contribution in [0, 0.1) is 12.3 Å². The molecule has 1 aromatic rings. The second-order valence-electron chi connectivity index (χ2n) is 3.39. The molecule has 0 saturated heterocycles. The third-order valence-corrected chi connectivity index (χ3v) is 2.57. The molecule has 1 N–H and O–H groups in total. The summed E-state index contributed by atoms with van der Waals surface area (Å²) >= 11 is 0. The van der Waals surface area contributed by atoms with Gasteiger partial charge in [0.2, 0.25) is 0 Å². The van der Waals surface area contributed by atoms with E-state index in [2.05, 4.69) is 36.1 Å². The standard InChI is InChI=1S/C13H13N/c1-3-7-12-10(4-2)11-8-5-6-9-13(11)14-12/h1,4,6-7,9,14H,5,8H2,2H3/b10-4-,12-7+. The molecule has 0 radical (unpaired) electrons. The molecule has 0 amide bonds. The van der Waals surface area contributed by atoms with Crippen molar-refractivity contribution in [1.82, 2.24) is 4.98 Å². The summed E-state index contributed by atoms with van der Waals surface area (Å²) < 4.78 is 0. The lowest BCUT2D eigenvalue weighted by atomic mass is 10.0. The number of allylic oxidation sites excluding steroid dienone is 1. The molecule has 1 aliphatic carbocycles. The van der Waals surface area contributed by atoms with Crippen LogP contribution in [0.2, 0.25) is 0 Å². The minimum atomic E-state index is 1.06. The zero-order valence-corrected chi connectivity index (χ0v) is 8.30. The van der Waals surface area contributed by atoms with Crippen LogP contribution in [-0.4, -0.2) is 4.98 Å². The number of aromatic nitrogens is 1. The molecule has 0 fully saturated rings. The van der Waals surface area contributed by atoms with Crippen molar-refractivity contribution in [3.05, 3.63) is 27.9 Å². The van der Waals surface area contributed by atoms with Gasteiger partial charge in [0.15, 0.2) is 0 Å². The minimum Gasteiger partial charge on any atom is -0.354 e. The van der Waals surface area contributed by atoms with Crippen molar-refractivity contribution in [3.63, 3.8) is 0 Å². The van der Waals surface area contributed by atoms with Crippen LogP contribution in [0.3, 0.4) is 0 Å². The fourth-order valence-corrected chi connectivity index (χ4v) is 1.96. The molecule has 0 bridgehead atoms. The van der Waals surface area contributed by atoms with Crippen LogP contribution >= 0.6 is 0 Å². The lowest BCUT2D eigenvalue weighted by molar-refractivity contribution is 0.978. The Morgan fingerprint density at radius 1 is 1.57 bits per heavy atom. The molecule has 1 heterocycles. The van der Waals surface area contributed by atoms with E-state index in [-0.39, 0.29) is 0 Å². The normalized spacial score (nSPS) is 16.9. The van der Waals surface area contributed by atoms with Crippen LogP contribution in [-0.2, 0) is 6.42 Å². The molecule has 0 spiro atoms. The molecule has 0 saturated carbocycles. The van der Waals surface area contributed by atoms with Gasteiger partial charge in [0.25, 0.3) is 0 Å². The fraction of sp³-hybridized carbons (Fsp3) is 0.231. The Hall–Kier alpha value is -1.68. The molecule has 0 aromatic carbocycles. The molecule has 1 heteroatoms. The third-order valence-electron chi connectivity index (χ3n) is 2.57. The number of fused-ring (bicyclic) bond motifs is 1. The summed E-state index contributed by atoms with van der Waals surface area (Å²) in [6, 6.07) is 0. The number of rotatable bonds is 0. The minimum absolute atomic E-state index is 1.06. The van der Waals surface area contributed by atoms with Crippen LogP contribution < -0.4 is 10.6 Å². The van der Waals surface area contributed by atoms with Gasteiger partial charge < -0.3 is 4.98 Å². The quantitative estimate of drug-likeness (QED) is 0.581. The average molecular weight is 183 g/mol. The van der Waals surface area contributed by atoms with E-state index in [1.165, 1.54) is 16.5 Å². The number of aromatic amines is 1. The van der Waals surface area contributed by atoms with E-state index >= 15 is 0 Å². The largest absolute Gasteiger partial charge is 0.354 e. The molecule has 0 unspecified atom stereocenters. The van der Waals surface area contributed by atoms with Gasteiger partial charge in [-0.25, -0.2) is 0 Å². The zero-order chi connectivity index (χ0) is 9.97. The Morgan fingerprint density at radius 3 is 3.14 bits per heavy atom. The highest BCUT2D eigenvalue weighted by molar-refractivity contribution is 5.56. The molecule has 1 aromatic heterocycles. The van der Waals surface area contributed by atoms with Crippen LogP contribution in [0.25, 0.3) is 18.2 Å². The Bertz CT molecular complexity index is 521. The first kappa shape index (κ1) is 8.90. The molecule has 2 rings (SSSR count). The van der Waals surface area contributed by atoms with Crippen molar-refractivity contribution < 1.29 is 0 Å². The monoisotopic (exact) mass is 183 g/mol. The van der Waals surface area contributed by atoms with Gasteiger partial charge in [0.1, 0.15) is 0 Å². The van der Waals surface area contributed by atoms with Gasteiger partial charge in [-0.15, -0.1) is 6.42 Å². The second-order valence-corrected chi connectivity index (χ2v) is 3.39. The fourth-order valence-electron chi connectivity index (χ4n) is 1.96. The van der Waals surface area contributed by atoms with Gasteiger partial charge in [-0.05, 0) is 36.6 Å². The van der Waals surface area contributed by atoms with Crippen molar-refractivity contribution in [3.8, 4) is 12.3 Å². The highest BCUT2D eigenvalue weighted by atomic mass is 14.7. The molecule has 0 aliphatic heterocycles. The molecular weight excluding hydrogens is 170 g/mol. The number of terminal acetylenes is 1. The molecular formula is C13H13N. The molecule has 1 nitrogen and oxygen atoms in total. The van der Waals surface area contributed by atoms with Gasteiger partial charge >= 0.3 is 0 Å². The van der Waals surface area contributed by atoms with E-state index in [0.29, 0.717) is 0 Å². The van der Waals surface area contributed by atoms with E-state index < -0.39 is 0 Å². The van der Waals surface area contributed by atoms with Crippen LogP contribution in [0.5, 0.6) is 0 Å². The topological polar surface area (TPSA) is 15.8 Å². The lowest BCUT2D eigenvalue weighted by Crippen LogP contribution is -2.24. The highest BCUT2D eigenvalue weighted by Gasteiger charge is 2.08. The predicted molar refractivity (Wildman–Crippen MR) is 60.8 cm³/mol. The van der Waals surface area contributed by atoms with E-state index in [4.69, 9.17) is 6.42 Å². The summed E-state index contributed by atoms with van der Waals surface area (Å²) in [4.78, 5) is 3.34. The van der Waals surface area contributed by atoms with Crippen LogP contribution in [0.1, 0.15) is 24.6 Å². The molecule has 1 aliphatic rings. The summed E-state index contributed by atoms with van der Waals surface area (Å²) in [5, 5.41) is 2.33. The van der Waals surface area contributed by atoms with Crippen molar-refractivity contribution >= 4 is 18.2 Å². The summed E-state index contributed by atoms with van der Waals surface area (Å²) in [5.74, 6) is 2.57. The van der Waals surface area contributed by atoms with E-state index in [1.807, 2.05) is 0 Å². The van der Waals surface area contributed by atoms with Crippen molar-refractivity contribution in [2.45, 2.75) is 19.8 Å². The van der Waals surface area contributed by atoms with Crippen LogP contribution in [0.15, 0.2) is 6.08 Å². The number of hydrogen-bond acceptors (Lipinski definition) is 0. The summed E-state index contributed by atoms with van der Waals surface area (Å²) in [6.45, 7) is 2.05. The summed E-state index contributed by atoms with van der Waals surface area (Å²) in [6.07, 6.45) is 15.8. The first-order valence-corrected chi connectivity index (χ1v) is 4.87. The first-order chi connectivity index (χ1) is 6.86. The zero-order valence-electron chi connectivity index (χ0n) is 8.30. The predicted octanol–water partition coefficient (Wildman–Crippen LogP) is 1.19. The maximum Gasteiger partial charge on any atom is 0.0542 e. The van der Waals surface area contributed by atoms with Crippen molar-refractivity contribution in [1.29, 1.82) is 0 Å². The Labute approximate surface area is 83.8 Å². The second kappa shape index (κ2) is 3.59. The van der Waals surface area contributed by atoms with Gasteiger partial charge in [-0.3, -0.25) is 0 Å². The first-order valence-electron chi connectivity index (χ1n) is 4.87. The molecule has 0 atom stereocenters. The Balaban J connectivity index is 2.80. The van der Waals surface area contributed by atoms with Crippen molar-refractivity contribution in [2.24, 2.45) is 0 Å². The maximum atomic E-state index is 5.28. The Morgan fingerprint density at radius 2 is 2.43 bits per heavy atom.